The molecule has 0 saturated carbocycles. The van der Waals surface area contributed by atoms with Gasteiger partial charge in [0.25, 0.3) is 0 Å². The zero-order valence-electron chi connectivity index (χ0n) is 17.0. The molecule has 0 saturated heterocycles. The molecule has 0 spiro atoms. The first-order valence-electron chi connectivity index (χ1n) is 9.48. The average molecular weight is 454 g/mol. The SMILES string of the molecule is CC(SCC(=O)Nc1ccc(F)cc1)C(=O)OC/C(O)=C(\C#N)c1nc2ccccc2[nH]1. The molecule has 1 aromatic heterocycles. The fraction of sp³-hybridized carbons (Fsp3) is 0.182. The maximum atomic E-state index is 12.9. The van der Waals surface area contributed by atoms with Crippen LogP contribution in [0.3, 0.4) is 0 Å². The van der Waals surface area contributed by atoms with Crippen LogP contribution in [-0.2, 0) is 14.3 Å². The first-order chi connectivity index (χ1) is 15.4. The van der Waals surface area contributed by atoms with Crippen molar-refractivity contribution in [2.75, 3.05) is 17.7 Å². The molecule has 32 heavy (non-hydrogen) atoms. The summed E-state index contributed by atoms with van der Waals surface area (Å²) in [6.07, 6.45) is 0. The Bertz CT molecular complexity index is 1170. The number of esters is 1. The third-order valence-electron chi connectivity index (χ3n) is 4.30. The predicted molar refractivity (Wildman–Crippen MR) is 119 cm³/mol. The number of nitrogens with one attached hydrogen (secondary N) is 2. The molecule has 0 radical (unpaired) electrons. The lowest BCUT2D eigenvalue weighted by Crippen LogP contribution is -2.22. The van der Waals surface area contributed by atoms with E-state index < -0.39 is 29.4 Å². The van der Waals surface area contributed by atoms with Crippen LogP contribution in [0.15, 0.2) is 54.3 Å². The van der Waals surface area contributed by atoms with E-state index in [9.17, 15) is 24.3 Å². The van der Waals surface area contributed by atoms with Gasteiger partial charge in [-0.15, -0.1) is 11.8 Å². The van der Waals surface area contributed by atoms with Crippen LogP contribution in [0.1, 0.15) is 12.7 Å². The number of nitrogens with zero attached hydrogens (tertiary/aromatic N) is 2. The van der Waals surface area contributed by atoms with E-state index in [1.165, 1.54) is 24.3 Å². The lowest BCUT2D eigenvalue weighted by molar-refractivity contribution is -0.142. The maximum absolute atomic E-state index is 12.9. The molecule has 0 bridgehead atoms. The van der Waals surface area contributed by atoms with Gasteiger partial charge in [0, 0.05) is 5.69 Å². The second-order valence-corrected chi connectivity index (χ2v) is 7.98. The predicted octanol–water partition coefficient (Wildman–Crippen LogP) is 3.80. The zero-order valence-corrected chi connectivity index (χ0v) is 17.8. The minimum Gasteiger partial charge on any atom is -0.507 e. The molecule has 10 heteroatoms. The van der Waals surface area contributed by atoms with Gasteiger partial charge in [-0.25, -0.2) is 9.37 Å². The number of H-pyrrole nitrogens is 1. The Morgan fingerprint density at radius 1 is 1.28 bits per heavy atom. The number of allylic oxidation sites excluding steroid dienone is 1. The van der Waals surface area contributed by atoms with Crippen molar-refractivity contribution in [1.29, 1.82) is 5.26 Å². The number of aliphatic hydroxyl groups is 1. The number of hydrogen-bond donors (Lipinski definition) is 3. The number of amides is 1. The number of carbonyl (C=O) groups is 2. The van der Waals surface area contributed by atoms with Crippen molar-refractivity contribution < 1.29 is 23.8 Å². The number of imidazole rings is 1. The zero-order chi connectivity index (χ0) is 23.1. The monoisotopic (exact) mass is 454 g/mol. The van der Waals surface area contributed by atoms with E-state index in [1.807, 2.05) is 6.07 Å². The van der Waals surface area contributed by atoms with Crippen molar-refractivity contribution >= 4 is 45.9 Å². The highest BCUT2D eigenvalue weighted by Crippen LogP contribution is 2.20. The van der Waals surface area contributed by atoms with Gasteiger partial charge in [0.2, 0.25) is 5.91 Å². The molecular formula is C22H19FN4O4S. The molecule has 1 amide bonds. The Balaban J connectivity index is 1.52. The molecule has 3 N–H and O–H groups in total. The molecule has 164 valence electrons. The van der Waals surface area contributed by atoms with Crippen molar-refractivity contribution in [3.63, 3.8) is 0 Å². The van der Waals surface area contributed by atoms with Crippen LogP contribution >= 0.6 is 11.8 Å². The summed E-state index contributed by atoms with van der Waals surface area (Å²) in [6.45, 7) is 1.05. The lowest BCUT2D eigenvalue weighted by Gasteiger charge is -2.11. The summed E-state index contributed by atoms with van der Waals surface area (Å²) in [5.41, 5.74) is 1.64. The number of ether oxygens (including phenoxy) is 1. The summed E-state index contributed by atoms with van der Waals surface area (Å²) in [4.78, 5) is 31.3. The molecule has 1 heterocycles. The Labute approximate surface area is 187 Å². The van der Waals surface area contributed by atoms with Gasteiger partial charge < -0.3 is 20.1 Å². The molecular weight excluding hydrogens is 435 g/mol. The van der Waals surface area contributed by atoms with E-state index >= 15 is 0 Å². The Morgan fingerprint density at radius 2 is 2.00 bits per heavy atom. The summed E-state index contributed by atoms with van der Waals surface area (Å²) in [5.74, 6) is -1.73. The van der Waals surface area contributed by atoms with E-state index in [4.69, 9.17) is 4.74 Å². The fourth-order valence-corrected chi connectivity index (χ4v) is 3.33. The third kappa shape index (κ3) is 5.86. The van der Waals surface area contributed by atoms with Crippen LogP contribution in [0.25, 0.3) is 16.6 Å². The van der Waals surface area contributed by atoms with Gasteiger partial charge in [0.05, 0.1) is 16.8 Å². The van der Waals surface area contributed by atoms with Gasteiger partial charge in [-0.05, 0) is 43.3 Å². The molecule has 1 unspecified atom stereocenters. The molecule has 3 rings (SSSR count). The highest BCUT2D eigenvalue weighted by atomic mass is 32.2. The van der Waals surface area contributed by atoms with Crippen LogP contribution in [0.4, 0.5) is 10.1 Å². The third-order valence-corrected chi connectivity index (χ3v) is 5.42. The van der Waals surface area contributed by atoms with Gasteiger partial charge >= 0.3 is 5.97 Å². The lowest BCUT2D eigenvalue weighted by atomic mass is 10.2. The number of carbonyl (C=O) groups excluding carboxylic acids is 2. The average Bonchev–Trinajstić information content (AvgIpc) is 3.21. The highest BCUT2D eigenvalue weighted by molar-refractivity contribution is 8.01. The second kappa shape index (κ2) is 10.5. The van der Waals surface area contributed by atoms with Gasteiger partial charge in [-0.2, -0.15) is 5.26 Å². The van der Waals surface area contributed by atoms with E-state index in [1.54, 1.807) is 31.2 Å². The number of halogens is 1. The number of hydrogen-bond acceptors (Lipinski definition) is 7. The Morgan fingerprint density at radius 3 is 2.69 bits per heavy atom. The minimum atomic E-state index is -0.696. The maximum Gasteiger partial charge on any atom is 0.319 e. The highest BCUT2D eigenvalue weighted by Gasteiger charge is 2.19. The Hall–Kier alpha value is -3.84. The van der Waals surface area contributed by atoms with Crippen molar-refractivity contribution in [1.82, 2.24) is 9.97 Å². The number of fused-ring (bicyclic) bond motifs is 1. The van der Waals surface area contributed by atoms with Crippen LogP contribution in [0.5, 0.6) is 0 Å². The van der Waals surface area contributed by atoms with Crippen LogP contribution in [-0.4, -0.2) is 44.6 Å². The molecule has 2 aromatic carbocycles. The number of anilines is 1. The molecule has 3 aromatic rings. The van der Waals surface area contributed by atoms with Crippen LogP contribution in [0, 0.1) is 17.1 Å². The largest absolute Gasteiger partial charge is 0.507 e. The summed E-state index contributed by atoms with van der Waals surface area (Å²) >= 11 is 1.04. The number of thioether (sulfide) groups is 1. The van der Waals surface area contributed by atoms with E-state index in [0.29, 0.717) is 16.7 Å². The van der Waals surface area contributed by atoms with Crippen molar-refractivity contribution in [3.05, 3.63) is 65.9 Å². The molecule has 8 nitrogen and oxygen atoms in total. The smallest absolute Gasteiger partial charge is 0.319 e. The van der Waals surface area contributed by atoms with Crippen molar-refractivity contribution in [3.8, 4) is 6.07 Å². The molecule has 0 fully saturated rings. The van der Waals surface area contributed by atoms with Gasteiger partial charge in [-0.3, -0.25) is 9.59 Å². The van der Waals surface area contributed by atoms with E-state index in [-0.39, 0.29) is 23.1 Å². The van der Waals surface area contributed by atoms with Gasteiger partial charge in [-0.1, -0.05) is 12.1 Å². The number of aromatic nitrogens is 2. The fourth-order valence-electron chi connectivity index (χ4n) is 2.65. The molecule has 0 aliphatic heterocycles. The van der Waals surface area contributed by atoms with Crippen molar-refractivity contribution in [2.45, 2.75) is 12.2 Å². The quantitative estimate of drug-likeness (QED) is 0.268. The number of aliphatic hydroxyl groups excluding tert-OH is 1. The minimum absolute atomic E-state index is 0.0299. The van der Waals surface area contributed by atoms with E-state index in [0.717, 1.165) is 11.8 Å². The first-order valence-corrected chi connectivity index (χ1v) is 10.5. The summed E-state index contributed by atoms with van der Waals surface area (Å²) in [5, 5.41) is 21.5. The summed E-state index contributed by atoms with van der Waals surface area (Å²) in [6, 6.07) is 14.3. The van der Waals surface area contributed by atoms with E-state index in [2.05, 4.69) is 15.3 Å². The Kier molecular flexibility index (Phi) is 7.46. The normalized spacial score (nSPS) is 12.5. The van der Waals surface area contributed by atoms with Crippen LogP contribution in [0.2, 0.25) is 0 Å². The first kappa shape index (κ1) is 22.8. The second-order valence-electron chi connectivity index (χ2n) is 6.65. The number of para-hydroxylation sites is 2. The number of nitriles is 1. The summed E-state index contributed by atoms with van der Waals surface area (Å²) < 4.78 is 18.0. The number of benzene rings is 2. The number of rotatable bonds is 8. The molecule has 1 atom stereocenters. The standard InChI is InChI=1S/C22H19FN4O4S/c1-13(32-12-20(29)25-15-8-6-14(23)7-9-15)22(30)31-11-19(28)16(10-24)21-26-17-4-2-3-5-18(17)27-21/h2-9,13,28H,11-12H2,1H3,(H,25,29)(H,26,27)/b19-16-. The van der Waals surface area contributed by atoms with Gasteiger partial charge in [0.15, 0.2) is 11.6 Å². The topological polar surface area (TPSA) is 128 Å². The van der Waals surface area contributed by atoms with Crippen molar-refractivity contribution in [2.24, 2.45) is 0 Å². The van der Waals surface area contributed by atoms with Crippen LogP contribution < -0.4 is 5.32 Å². The summed E-state index contributed by atoms with van der Waals surface area (Å²) in [7, 11) is 0. The molecule has 0 aliphatic carbocycles. The van der Waals surface area contributed by atoms with Gasteiger partial charge in [0.1, 0.15) is 29.3 Å². The molecule has 0 aliphatic rings. The number of aromatic amines is 1.